The second kappa shape index (κ2) is 8.72. The first-order valence-electron chi connectivity index (χ1n) is 15.5. The molecule has 10 rings (SSSR count). The molecule has 4 heterocycles. The van der Waals surface area contributed by atoms with Gasteiger partial charge < -0.3 is 8.97 Å². The number of para-hydroxylation sites is 2. The van der Waals surface area contributed by atoms with E-state index in [0.29, 0.717) is 0 Å². The monoisotopic (exact) mass is 560 g/mol. The molecule has 3 aromatic heterocycles. The smallest absolute Gasteiger partial charge is 0.0620 e. The number of aromatic nitrogens is 2. The van der Waals surface area contributed by atoms with Gasteiger partial charge in [0.15, 0.2) is 0 Å². The largest absolute Gasteiger partial charge is 0.312 e. The summed E-state index contributed by atoms with van der Waals surface area (Å²) < 4.78 is 4.98. The molecule has 0 saturated heterocycles. The molecule has 0 fully saturated rings. The molecule has 1 aliphatic heterocycles. The Bertz CT molecular complexity index is 2630. The molecule has 0 spiro atoms. The van der Waals surface area contributed by atoms with E-state index in [4.69, 9.17) is 0 Å². The fourth-order valence-corrected chi connectivity index (χ4v) is 7.97. The molecule has 206 valence electrons. The lowest BCUT2D eigenvalue weighted by atomic mass is 9.96. The predicted octanol–water partition coefficient (Wildman–Crippen LogP) is 11.1. The van der Waals surface area contributed by atoms with Gasteiger partial charge in [0.25, 0.3) is 0 Å². The third-order valence-electron chi connectivity index (χ3n) is 9.79. The zero-order valence-electron chi connectivity index (χ0n) is 24.4. The lowest BCUT2D eigenvalue weighted by Crippen LogP contribution is -1.93. The van der Waals surface area contributed by atoms with Crippen LogP contribution in [0.5, 0.6) is 0 Å². The minimum Gasteiger partial charge on any atom is -0.312 e. The zero-order valence-corrected chi connectivity index (χ0v) is 24.4. The minimum atomic E-state index is 0.957. The fraction of sp³-hybridized carbons (Fsp3) is 0.0476. The van der Waals surface area contributed by atoms with E-state index in [1.54, 1.807) is 0 Å². The Labute approximate surface area is 255 Å². The van der Waals surface area contributed by atoms with Crippen LogP contribution in [-0.2, 0) is 6.42 Å². The first-order chi connectivity index (χ1) is 21.8. The Morgan fingerprint density at radius 2 is 1.34 bits per heavy atom. The van der Waals surface area contributed by atoms with E-state index in [1.165, 1.54) is 93.8 Å². The molecular weight excluding hydrogens is 532 g/mol. The highest BCUT2D eigenvalue weighted by Gasteiger charge is 2.26. The summed E-state index contributed by atoms with van der Waals surface area (Å²) >= 11 is 0. The third-order valence-corrected chi connectivity index (χ3v) is 9.79. The molecule has 0 bridgehead atoms. The van der Waals surface area contributed by atoms with E-state index >= 15 is 0 Å². The molecule has 9 aromatic rings. The molecule has 0 unspecified atom stereocenters. The summed E-state index contributed by atoms with van der Waals surface area (Å²) in [5.74, 6) is 0. The highest BCUT2D eigenvalue weighted by molar-refractivity contribution is 6.26. The summed E-state index contributed by atoms with van der Waals surface area (Å²) in [7, 11) is 0. The first-order valence-corrected chi connectivity index (χ1v) is 15.5. The molecule has 0 atom stereocenters. The van der Waals surface area contributed by atoms with Crippen LogP contribution in [0.4, 0.5) is 0 Å². The van der Waals surface area contributed by atoms with Gasteiger partial charge in [-0.05, 0) is 65.1 Å². The number of hydrogen-bond donors (Lipinski definition) is 0. The van der Waals surface area contributed by atoms with Gasteiger partial charge in [-0.2, -0.15) is 0 Å². The van der Waals surface area contributed by atoms with Gasteiger partial charge in [0.05, 0.1) is 27.8 Å². The van der Waals surface area contributed by atoms with Crippen LogP contribution in [0.3, 0.4) is 0 Å². The number of benzene rings is 6. The van der Waals surface area contributed by atoms with Gasteiger partial charge in [-0.1, -0.05) is 109 Å². The number of allylic oxidation sites excluding steroid dienone is 1. The molecular formula is C42H28N2. The first kappa shape index (κ1) is 23.9. The van der Waals surface area contributed by atoms with Gasteiger partial charge in [-0.3, -0.25) is 0 Å². The van der Waals surface area contributed by atoms with Gasteiger partial charge in [-0.15, -0.1) is 0 Å². The maximum Gasteiger partial charge on any atom is 0.0620 e. The number of fused-ring (bicyclic) bond motifs is 11. The fourth-order valence-electron chi connectivity index (χ4n) is 7.97. The van der Waals surface area contributed by atoms with Crippen molar-refractivity contribution >= 4 is 55.1 Å². The van der Waals surface area contributed by atoms with Crippen LogP contribution in [0.25, 0.3) is 83.0 Å². The lowest BCUT2D eigenvalue weighted by Gasteiger charge is -2.10. The summed E-state index contributed by atoms with van der Waals surface area (Å²) in [4.78, 5) is 0. The normalized spacial score (nSPS) is 12.9. The summed E-state index contributed by atoms with van der Waals surface area (Å²) in [6, 6.07) is 47.2. The average Bonchev–Trinajstić information content (AvgIpc) is 3.80. The van der Waals surface area contributed by atoms with Crippen LogP contribution >= 0.6 is 0 Å². The average molecular weight is 561 g/mol. The van der Waals surface area contributed by atoms with Crippen LogP contribution in [0, 0.1) is 0 Å². The summed E-state index contributed by atoms with van der Waals surface area (Å²) in [5.41, 5.74) is 15.6. The molecule has 0 N–H and O–H groups in total. The van der Waals surface area contributed by atoms with Gasteiger partial charge in [0.2, 0.25) is 0 Å². The van der Waals surface area contributed by atoms with Gasteiger partial charge >= 0.3 is 0 Å². The molecule has 2 heteroatoms. The number of hydrogen-bond acceptors (Lipinski definition) is 0. The van der Waals surface area contributed by atoms with Gasteiger partial charge in [0.1, 0.15) is 0 Å². The van der Waals surface area contributed by atoms with E-state index in [2.05, 4.69) is 155 Å². The van der Waals surface area contributed by atoms with Crippen molar-refractivity contribution in [3.8, 4) is 27.9 Å². The second-order valence-electron chi connectivity index (χ2n) is 12.1. The van der Waals surface area contributed by atoms with E-state index in [1.807, 2.05) is 0 Å². The Morgan fingerprint density at radius 3 is 2.25 bits per heavy atom. The van der Waals surface area contributed by atoms with Crippen molar-refractivity contribution in [1.29, 1.82) is 0 Å². The molecule has 0 radical (unpaired) electrons. The number of rotatable bonds is 3. The van der Waals surface area contributed by atoms with Crippen molar-refractivity contribution in [3.05, 3.63) is 150 Å². The minimum absolute atomic E-state index is 0.957. The standard InChI is InChI=1S/C42H28N2/c1-2-10-31-32-13-6-7-17-36(32)43-39-24-28(19-20-29(39)25-40(31)43)30-14-9-18-38-41(30)34-16-8-15-33-35-23-27(26-11-4-3-5-12-26)21-22-37(35)44(38)42(33)34/h2-24H,25H2,1H3/b10-2-. The molecule has 44 heavy (non-hydrogen) atoms. The SMILES string of the molecule is C/C=C\c1c2n(c3ccccc13)-c1cc(-c3cccc4c3c3cccc5c6cc(-c7ccccc7)ccc6n4c53)ccc1C2. The van der Waals surface area contributed by atoms with Crippen molar-refractivity contribution in [1.82, 2.24) is 8.97 Å². The summed E-state index contributed by atoms with van der Waals surface area (Å²) in [5, 5.41) is 6.58. The van der Waals surface area contributed by atoms with E-state index in [-0.39, 0.29) is 0 Å². The Kier molecular flexibility index (Phi) is 4.74. The molecule has 0 amide bonds. The van der Waals surface area contributed by atoms with Gasteiger partial charge in [-0.25, -0.2) is 0 Å². The van der Waals surface area contributed by atoms with Crippen molar-refractivity contribution in [2.24, 2.45) is 0 Å². The maximum atomic E-state index is 2.49. The van der Waals surface area contributed by atoms with E-state index in [0.717, 1.165) is 6.42 Å². The Morgan fingerprint density at radius 1 is 0.568 bits per heavy atom. The molecule has 1 aliphatic rings. The summed E-state index contributed by atoms with van der Waals surface area (Å²) in [6.07, 6.45) is 5.39. The number of nitrogens with zero attached hydrogens (tertiary/aromatic N) is 2. The van der Waals surface area contributed by atoms with Crippen LogP contribution in [-0.4, -0.2) is 8.97 Å². The van der Waals surface area contributed by atoms with Gasteiger partial charge in [0, 0.05) is 44.6 Å². The lowest BCUT2D eigenvalue weighted by molar-refractivity contribution is 1.08. The molecule has 0 aliphatic carbocycles. The van der Waals surface area contributed by atoms with E-state index in [9.17, 15) is 0 Å². The molecule has 6 aromatic carbocycles. The summed E-state index contributed by atoms with van der Waals surface area (Å²) in [6.45, 7) is 2.11. The molecule has 0 saturated carbocycles. The quantitative estimate of drug-likeness (QED) is 0.203. The van der Waals surface area contributed by atoms with Crippen LogP contribution < -0.4 is 0 Å². The zero-order chi connectivity index (χ0) is 28.9. The van der Waals surface area contributed by atoms with Crippen LogP contribution in [0.15, 0.2) is 133 Å². The van der Waals surface area contributed by atoms with E-state index < -0.39 is 0 Å². The maximum absolute atomic E-state index is 2.49. The van der Waals surface area contributed by atoms with Crippen LogP contribution in [0.2, 0.25) is 0 Å². The van der Waals surface area contributed by atoms with Crippen molar-refractivity contribution in [2.45, 2.75) is 13.3 Å². The second-order valence-corrected chi connectivity index (χ2v) is 12.1. The topological polar surface area (TPSA) is 9.34 Å². The van der Waals surface area contributed by atoms with Crippen molar-refractivity contribution in [2.75, 3.05) is 0 Å². The predicted molar refractivity (Wildman–Crippen MR) is 186 cm³/mol. The van der Waals surface area contributed by atoms with Crippen molar-refractivity contribution in [3.63, 3.8) is 0 Å². The highest BCUT2D eigenvalue weighted by atomic mass is 15.0. The third kappa shape index (κ3) is 3.04. The van der Waals surface area contributed by atoms with Crippen LogP contribution in [0.1, 0.15) is 23.7 Å². The highest BCUT2D eigenvalue weighted by Crippen LogP contribution is 2.45. The molecule has 2 nitrogen and oxygen atoms in total. The Balaban J connectivity index is 1.22. The Hall–Kier alpha value is -5.60. The van der Waals surface area contributed by atoms with Crippen molar-refractivity contribution < 1.29 is 0 Å².